The fraction of sp³-hybridized carbons (Fsp3) is 0.273. The van der Waals surface area contributed by atoms with E-state index in [1.54, 1.807) is 35.2 Å². The van der Waals surface area contributed by atoms with Gasteiger partial charge < -0.3 is 19.7 Å². The van der Waals surface area contributed by atoms with Crippen molar-refractivity contribution in [3.8, 4) is 5.75 Å². The molecule has 0 saturated carbocycles. The molecule has 2 aromatic rings. The molecule has 28 heavy (non-hydrogen) atoms. The van der Waals surface area contributed by atoms with E-state index in [1.165, 1.54) is 6.08 Å². The number of morpholine rings is 1. The smallest absolute Gasteiger partial charge is 0.254 e. The molecule has 1 aliphatic rings. The summed E-state index contributed by atoms with van der Waals surface area (Å²) in [5.41, 5.74) is 2.15. The summed E-state index contributed by atoms with van der Waals surface area (Å²) in [6.45, 7) is 4.90. The molecule has 0 unspecified atom stereocenters. The molecule has 3 rings (SSSR count). The predicted molar refractivity (Wildman–Crippen MR) is 108 cm³/mol. The van der Waals surface area contributed by atoms with Crippen LogP contribution in [0, 0.1) is 0 Å². The highest BCUT2D eigenvalue weighted by Crippen LogP contribution is 2.14. The van der Waals surface area contributed by atoms with Crippen molar-refractivity contribution in [1.29, 1.82) is 0 Å². The molecule has 1 N–H and O–H groups in total. The number of carbonyl (C=O) groups is 2. The molecule has 1 heterocycles. The van der Waals surface area contributed by atoms with Crippen LogP contribution in [0.4, 0.5) is 5.69 Å². The molecule has 1 aliphatic heterocycles. The predicted octanol–water partition coefficient (Wildman–Crippen LogP) is 3.21. The first-order chi connectivity index (χ1) is 13.7. The minimum atomic E-state index is -0.235. The quantitative estimate of drug-likeness (QED) is 0.782. The first-order valence-corrected chi connectivity index (χ1v) is 9.34. The van der Waals surface area contributed by atoms with E-state index in [0.29, 0.717) is 44.2 Å². The van der Waals surface area contributed by atoms with Gasteiger partial charge >= 0.3 is 0 Å². The third kappa shape index (κ3) is 5.44. The summed E-state index contributed by atoms with van der Waals surface area (Å²) in [6, 6.07) is 14.4. The monoisotopic (exact) mass is 380 g/mol. The molecule has 146 valence electrons. The molecule has 0 aromatic heterocycles. The van der Waals surface area contributed by atoms with Crippen molar-refractivity contribution >= 4 is 23.6 Å². The van der Waals surface area contributed by atoms with Crippen LogP contribution in [0.3, 0.4) is 0 Å². The lowest BCUT2D eigenvalue weighted by atomic mass is 10.1. The van der Waals surface area contributed by atoms with Crippen molar-refractivity contribution in [3.63, 3.8) is 0 Å². The van der Waals surface area contributed by atoms with E-state index >= 15 is 0 Å². The summed E-state index contributed by atoms with van der Waals surface area (Å²) < 4.78 is 10.7. The number of ether oxygens (including phenoxy) is 2. The van der Waals surface area contributed by atoms with E-state index in [4.69, 9.17) is 9.47 Å². The third-order valence-corrected chi connectivity index (χ3v) is 4.32. The number of amides is 2. The normalized spacial score (nSPS) is 14.1. The highest BCUT2D eigenvalue weighted by molar-refractivity contribution is 6.02. The summed E-state index contributed by atoms with van der Waals surface area (Å²) >= 11 is 0. The summed E-state index contributed by atoms with van der Waals surface area (Å²) in [5.74, 6) is 0.550. The van der Waals surface area contributed by atoms with Gasteiger partial charge in [0.05, 0.1) is 19.8 Å². The van der Waals surface area contributed by atoms with Crippen molar-refractivity contribution in [2.24, 2.45) is 0 Å². The van der Waals surface area contributed by atoms with E-state index < -0.39 is 0 Å². The second kappa shape index (κ2) is 9.71. The number of hydrogen-bond acceptors (Lipinski definition) is 4. The molecular formula is C22H24N2O4. The number of anilines is 1. The van der Waals surface area contributed by atoms with Crippen molar-refractivity contribution in [1.82, 2.24) is 4.90 Å². The second-order valence-corrected chi connectivity index (χ2v) is 6.31. The summed E-state index contributed by atoms with van der Waals surface area (Å²) in [6.07, 6.45) is 3.21. The molecule has 0 aliphatic carbocycles. The Hall–Kier alpha value is -3.12. The zero-order valence-electron chi connectivity index (χ0n) is 15.9. The average molecular weight is 380 g/mol. The Morgan fingerprint density at radius 2 is 1.75 bits per heavy atom. The van der Waals surface area contributed by atoms with Gasteiger partial charge in [0, 0.05) is 30.4 Å². The lowest BCUT2D eigenvalue weighted by molar-refractivity contribution is -0.111. The topological polar surface area (TPSA) is 67.9 Å². The van der Waals surface area contributed by atoms with E-state index in [0.717, 1.165) is 11.3 Å². The number of nitrogens with one attached hydrogen (secondary N) is 1. The minimum Gasteiger partial charge on any atom is -0.494 e. The molecule has 0 atom stereocenters. The first kappa shape index (κ1) is 19.6. The van der Waals surface area contributed by atoms with Crippen molar-refractivity contribution in [3.05, 3.63) is 65.7 Å². The van der Waals surface area contributed by atoms with E-state index in [9.17, 15) is 9.59 Å². The molecule has 0 radical (unpaired) electrons. The molecule has 1 fully saturated rings. The van der Waals surface area contributed by atoms with Crippen LogP contribution in [0.15, 0.2) is 54.6 Å². The molecule has 1 saturated heterocycles. The molecule has 6 heteroatoms. The SMILES string of the molecule is CCOc1ccc(/C=C/C(=O)Nc2ccc(C(=O)N3CCOCC3)cc2)cc1. The van der Waals surface area contributed by atoms with Gasteiger partial charge in [-0.15, -0.1) is 0 Å². The summed E-state index contributed by atoms with van der Waals surface area (Å²) in [7, 11) is 0. The van der Waals surface area contributed by atoms with Crippen LogP contribution in [0.5, 0.6) is 5.75 Å². The summed E-state index contributed by atoms with van der Waals surface area (Å²) in [4.78, 5) is 26.3. The second-order valence-electron chi connectivity index (χ2n) is 6.31. The average Bonchev–Trinajstić information content (AvgIpc) is 2.74. The van der Waals surface area contributed by atoms with Crippen molar-refractivity contribution < 1.29 is 19.1 Å². The largest absolute Gasteiger partial charge is 0.494 e. The maximum Gasteiger partial charge on any atom is 0.254 e. The van der Waals surface area contributed by atoms with Gasteiger partial charge in [-0.3, -0.25) is 9.59 Å². The van der Waals surface area contributed by atoms with E-state index in [2.05, 4.69) is 5.32 Å². The van der Waals surface area contributed by atoms with Crippen LogP contribution in [0.2, 0.25) is 0 Å². The van der Waals surface area contributed by atoms with Gasteiger partial charge in [0.15, 0.2) is 0 Å². The zero-order valence-corrected chi connectivity index (χ0v) is 15.9. The Labute approximate surface area is 164 Å². The Morgan fingerprint density at radius 1 is 1.07 bits per heavy atom. The number of nitrogens with zero attached hydrogens (tertiary/aromatic N) is 1. The van der Waals surface area contributed by atoms with Crippen molar-refractivity contribution in [2.75, 3.05) is 38.2 Å². The maximum atomic E-state index is 12.4. The Bertz CT molecular complexity index is 823. The third-order valence-electron chi connectivity index (χ3n) is 4.32. The summed E-state index contributed by atoms with van der Waals surface area (Å²) in [5, 5.41) is 2.79. The fourth-order valence-electron chi connectivity index (χ4n) is 2.84. The molecular weight excluding hydrogens is 356 g/mol. The standard InChI is InChI=1S/C22H24N2O4/c1-2-28-20-10-3-17(4-11-20)5-12-21(25)23-19-8-6-18(7-9-19)22(26)24-13-15-27-16-14-24/h3-12H,2,13-16H2,1H3,(H,23,25)/b12-5+. The van der Waals surface area contributed by atoms with Gasteiger partial charge in [0.1, 0.15) is 5.75 Å². The number of hydrogen-bond donors (Lipinski definition) is 1. The highest BCUT2D eigenvalue weighted by Gasteiger charge is 2.18. The first-order valence-electron chi connectivity index (χ1n) is 9.34. The van der Waals surface area contributed by atoms with Crippen LogP contribution >= 0.6 is 0 Å². The molecule has 2 amide bonds. The lowest BCUT2D eigenvalue weighted by Gasteiger charge is -2.26. The van der Waals surface area contributed by atoms with Gasteiger partial charge in [0.2, 0.25) is 5.91 Å². The van der Waals surface area contributed by atoms with Gasteiger partial charge in [-0.05, 0) is 55.0 Å². The van der Waals surface area contributed by atoms with Gasteiger partial charge in [-0.1, -0.05) is 12.1 Å². The zero-order chi connectivity index (χ0) is 19.8. The fourth-order valence-corrected chi connectivity index (χ4v) is 2.84. The van der Waals surface area contributed by atoms with Gasteiger partial charge in [0.25, 0.3) is 5.91 Å². The van der Waals surface area contributed by atoms with Crippen LogP contribution in [0.25, 0.3) is 6.08 Å². The van der Waals surface area contributed by atoms with E-state index in [1.807, 2.05) is 31.2 Å². The molecule has 2 aromatic carbocycles. The molecule has 0 bridgehead atoms. The van der Waals surface area contributed by atoms with Crippen LogP contribution in [-0.2, 0) is 9.53 Å². The minimum absolute atomic E-state index is 0.0171. The van der Waals surface area contributed by atoms with Crippen LogP contribution < -0.4 is 10.1 Å². The number of rotatable bonds is 6. The Morgan fingerprint density at radius 3 is 2.39 bits per heavy atom. The van der Waals surface area contributed by atoms with Gasteiger partial charge in [-0.2, -0.15) is 0 Å². The Balaban J connectivity index is 1.54. The van der Waals surface area contributed by atoms with Gasteiger partial charge in [-0.25, -0.2) is 0 Å². The molecule has 0 spiro atoms. The maximum absolute atomic E-state index is 12.4. The lowest BCUT2D eigenvalue weighted by Crippen LogP contribution is -2.40. The number of carbonyl (C=O) groups excluding carboxylic acids is 2. The Kier molecular flexibility index (Phi) is 6.81. The van der Waals surface area contributed by atoms with Crippen molar-refractivity contribution in [2.45, 2.75) is 6.92 Å². The highest BCUT2D eigenvalue weighted by atomic mass is 16.5. The van der Waals surface area contributed by atoms with Crippen LogP contribution in [0.1, 0.15) is 22.8 Å². The van der Waals surface area contributed by atoms with E-state index in [-0.39, 0.29) is 11.8 Å². The van der Waals surface area contributed by atoms with Crippen LogP contribution in [-0.4, -0.2) is 49.6 Å². The number of benzene rings is 2. The molecule has 6 nitrogen and oxygen atoms in total.